The van der Waals surface area contributed by atoms with E-state index in [1.54, 1.807) is 7.05 Å². The number of rotatable bonds is 4. The third-order valence-corrected chi connectivity index (χ3v) is 3.70. The van der Waals surface area contributed by atoms with Gasteiger partial charge in [-0.1, -0.05) is 15.9 Å². The molecule has 0 fully saturated rings. The van der Waals surface area contributed by atoms with Crippen LogP contribution >= 0.6 is 15.9 Å². The van der Waals surface area contributed by atoms with Crippen LogP contribution in [0.3, 0.4) is 0 Å². The maximum atomic E-state index is 13.7. The molecule has 0 atom stereocenters. The smallest absolute Gasteiger partial charge is 0.224 e. The molecule has 0 saturated heterocycles. The average molecular weight is 353 g/mol. The van der Waals surface area contributed by atoms with Crippen LogP contribution in [0.15, 0.2) is 22.8 Å². The fourth-order valence-electron chi connectivity index (χ4n) is 2.27. The number of halogens is 2. The lowest BCUT2D eigenvalue weighted by molar-refractivity contribution is 0.354. The largest absolute Gasteiger partial charge is 0.493 e. The molecule has 0 saturated carbocycles. The first-order chi connectivity index (χ1) is 10.2. The summed E-state index contributed by atoms with van der Waals surface area (Å²) < 4.78 is 20.3. The minimum Gasteiger partial charge on any atom is -0.493 e. The van der Waals surface area contributed by atoms with Crippen molar-refractivity contribution in [3.05, 3.63) is 39.7 Å². The van der Waals surface area contributed by atoms with Crippen LogP contribution in [0.1, 0.15) is 11.1 Å². The van der Waals surface area contributed by atoms with E-state index in [0.717, 1.165) is 28.4 Å². The molecule has 2 aromatic rings. The molecular weight excluding hydrogens is 339 g/mol. The highest BCUT2D eigenvalue weighted by molar-refractivity contribution is 9.10. The van der Waals surface area contributed by atoms with Crippen LogP contribution in [-0.2, 0) is 13.0 Å². The molecule has 1 aromatic carbocycles. The van der Waals surface area contributed by atoms with Gasteiger partial charge >= 0.3 is 0 Å². The second kappa shape index (κ2) is 5.85. The summed E-state index contributed by atoms with van der Waals surface area (Å²) in [6.45, 7) is 1.11. The van der Waals surface area contributed by atoms with Crippen molar-refractivity contribution >= 4 is 27.7 Å². The van der Waals surface area contributed by atoms with Gasteiger partial charge in [0.05, 0.1) is 12.8 Å². The lowest BCUT2D eigenvalue weighted by Gasteiger charge is -2.11. The Kier molecular flexibility index (Phi) is 3.92. The minimum atomic E-state index is -0.485. The molecule has 21 heavy (non-hydrogen) atoms. The van der Waals surface area contributed by atoms with Crippen LogP contribution in [0.5, 0.6) is 5.75 Å². The van der Waals surface area contributed by atoms with E-state index in [1.165, 1.54) is 5.56 Å². The van der Waals surface area contributed by atoms with Gasteiger partial charge in [0.2, 0.25) is 5.95 Å². The molecule has 0 amide bonds. The van der Waals surface area contributed by atoms with Crippen LogP contribution in [0, 0.1) is 5.82 Å². The van der Waals surface area contributed by atoms with Gasteiger partial charge < -0.3 is 15.4 Å². The second-order valence-electron chi connectivity index (χ2n) is 4.65. The molecule has 2 heterocycles. The molecule has 0 bridgehead atoms. The van der Waals surface area contributed by atoms with Crippen LogP contribution in [0.4, 0.5) is 16.2 Å². The van der Waals surface area contributed by atoms with E-state index >= 15 is 0 Å². The Labute approximate surface area is 130 Å². The summed E-state index contributed by atoms with van der Waals surface area (Å²) >= 11 is 3.49. The van der Waals surface area contributed by atoms with Gasteiger partial charge in [-0.3, -0.25) is 0 Å². The number of fused-ring (bicyclic) bond motifs is 1. The predicted molar refractivity (Wildman–Crippen MR) is 82.2 cm³/mol. The van der Waals surface area contributed by atoms with Crippen molar-refractivity contribution in [2.75, 3.05) is 24.3 Å². The molecule has 1 aliphatic rings. The van der Waals surface area contributed by atoms with Crippen molar-refractivity contribution < 1.29 is 9.13 Å². The number of nitrogens with one attached hydrogen (secondary N) is 2. The normalized spacial score (nSPS) is 12.7. The Morgan fingerprint density at radius 2 is 2.29 bits per heavy atom. The molecule has 1 aromatic heterocycles. The van der Waals surface area contributed by atoms with Gasteiger partial charge in [0.1, 0.15) is 5.75 Å². The van der Waals surface area contributed by atoms with Crippen LogP contribution in [-0.4, -0.2) is 23.6 Å². The molecule has 7 heteroatoms. The number of hydrogen-bond acceptors (Lipinski definition) is 5. The third-order valence-electron chi connectivity index (χ3n) is 3.24. The van der Waals surface area contributed by atoms with Crippen molar-refractivity contribution in [2.24, 2.45) is 0 Å². The molecule has 0 aliphatic carbocycles. The monoisotopic (exact) mass is 352 g/mol. The Hall–Kier alpha value is -1.89. The Morgan fingerprint density at radius 1 is 1.43 bits per heavy atom. The molecule has 1 aliphatic heterocycles. The van der Waals surface area contributed by atoms with Crippen molar-refractivity contribution in [3.8, 4) is 5.75 Å². The van der Waals surface area contributed by atoms with Gasteiger partial charge in [-0.25, -0.2) is 9.37 Å². The topological polar surface area (TPSA) is 59.1 Å². The first-order valence-corrected chi connectivity index (χ1v) is 7.35. The molecule has 3 rings (SSSR count). The number of nitrogens with zero attached hydrogens (tertiary/aromatic N) is 2. The number of benzene rings is 1. The zero-order chi connectivity index (χ0) is 14.8. The Morgan fingerprint density at radius 3 is 3.10 bits per heavy atom. The van der Waals surface area contributed by atoms with Gasteiger partial charge in [-0.15, -0.1) is 0 Å². The number of ether oxygens (including phenoxy) is 1. The zero-order valence-electron chi connectivity index (χ0n) is 11.4. The molecule has 0 unspecified atom stereocenters. The Bertz CT molecular complexity index is 680. The summed E-state index contributed by atoms with van der Waals surface area (Å²) in [7, 11) is 1.69. The van der Waals surface area contributed by atoms with Crippen LogP contribution in [0.2, 0.25) is 0 Å². The van der Waals surface area contributed by atoms with E-state index in [-0.39, 0.29) is 5.82 Å². The summed E-state index contributed by atoms with van der Waals surface area (Å²) in [5, 5.41) is 5.78. The summed E-state index contributed by atoms with van der Waals surface area (Å²) in [4.78, 5) is 7.88. The minimum absolute atomic E-state index is 0.168. The highest BCUT2D eigenvalue weighted by Gasteiger charge is 2.17. The summed E-state index contributed by atoms with van der Waals surface area (Å²) in [6, 6.07) is 4.02. The van der Waals surface area contributed by atoms with E-state index in [2.05, 4.69) is 42.6 Å². The maximum Gasteiger partial charge on any atom is 0.224 e. The number of hydrogen-bond donors (Lipinski definition) is 2. The first-order valence-electron chi connectivity index (χ1n) is 6.55. The van der Waals surface area contributed by atoms with E-state index in [0.29, 0.717) is 19.1 Å². The quantitative estimate of drug-likeness (QED) is 0.885. The molecule has 0 spiro atoms. The van der Waals surface area contributed by atoms with Crippen molar-refractivity contribution in [2.45, 2.75) is 13.0 Å². The third kappa shape index (κ3) is 2.92. The van der Waals surface area contributed by atoms with Gasteiger partial charge in [-0.2, -0.15) is 4.98 Å². The molecule has 5 nitrogen and oxygen atoms in total. The summed E-state index contributed by atoms with van der Waals surface area (Å²) in [5.74, 6) is 0.936. The van der Waals surface area contributed by atoms with E-state index in [4.69, 9.17) is 4.74 Å². The lowest BCUT2D eigenvalue weighted by atomic mass is 10.1. The molecule has 110 valence electrons. The Balaban J connectivity index is 1.82. The highest BCUT2D eigenvalue weighted by atomic mass is 79.9. The molecular formula is C14H14BrFN4O. The van der Waals surface area contributed by atoms with Gasteiger partial charge in [-0.05, 0) is 17.7 Å². The fraction of sp³-hybridized carbons (Fsp3) is 0.286. The van der Waals surface area contributed by atoms with E-state index < -0.39 is 5.82 Å². The average Bonchev–Trinajstić information content (AvgIpc) is 2.94. The highest BCUT2D eigenvalue weighted by Crippen LogP contribution is 2.33. The van der Waals surface area contributed by atoms with Gasteiger partial charge in [0.15, 0.2) is 11.6 Å². The summed E-state index contributed by atoms with van der Waals surface area (Å²) in [6.07, 6.45) is 2.04. The van der Waals surface area contributed by atoms with Crippen molar-refractivity contribution in [1.82, 2.24) is 9.97 Å². The van der Waals surface area contributed by atoms with Crippen molar-refractivity contribution in [1.29, 1.82) is 0 Å². The second-order valence-corrected chi connectivity index (χ2v) is 5.56. The lowest BCUT2D eigenvalue weighted by Crippen LogP contribution is -2.07. The molecule has 0 radical (unpaired) electrons. The van der Waals surface area contributed by atoms with Gasteiger partial charge in [0.25, 0.3) is 0 Å². The van der Waals surface area contributed by atoms with Crippen LogP contribution < -0.4 is 15.4 Å². The predicted octanol–water partition coefficient (Wildman–Crippen LogP) is 2.97. The van der Waals surface area contributed by atoms with E-state index in [1.807, 2.05) is 6.07 Å². The summed E-state index contributed by atoms with van der Waals surface area (Å²) in [5.41, 5.74) is 2.14. The van der Waals surface area contributed by atoms with Gasteiger partial charge in [0, 0.05) is 30.0 Å². The SMILES string of the molecule is CNc1ncc(F)c(NCc2cc(Br)cc3c2OCC3)n1. The van der Waals surface area contributed by atoms with Crippen molar-refractivity contribution in [3.63, 3.8) is 0 Å². The van der Waals surface area contributed by atoms with E-state index in [9.17, 15) is 4.39 Å². The zero-order valence-corrected chi connectivity index (χ0v) is 13.0. The molecule has 2 N–H and O–H groups in total. The maximum absolute atomic E-state index is 13.7. The fourth-order valence-corrected chi connectivity index (χ4v) is 2.82. The first kappa shape index (κ1) is 14.1. The standard InChI is InChI=1S/C14H14BrFN4O/c1-17-14-19-7-11(16)13(20-14)18-6-9-5-10(15)4-8-2-3-21-12(8)9/h4-5,7H,2-3,6H2,1H3,(H2,17,18,19,20). The number of anilines is 2. The van der Waals surface area contributed by atoms with Crippen LogP contribution in [0.25, 0.3) is 0 Å². The number of aromatic nitrogens is 2.